The van der Waals surface area contributed by atoms with E-state index in [1.165, 1.54) is 42.6 Å². The van der Waals surface area contributed by atoms with Gasteiger partial charge in [0, 0.05) is 15.8 Å². The molecule has 124 valence electrons. The first-order valence-corrected chi connectivity index (χ1v) is 9.62. The molecule has 5 nitrogen and oxygen atoms in total. The molecular formula is C16H13ClN2O3S2. The van der Waals surface area contributed by atoms with E-state index < -0.39 is 10.0 Å². The van der Waals surface area contributed by atoms with Gasteiger partial charge in [0.05, 0.1) is 9.92 Å². The van der Waals surface area contributed by atoms with Crippen molar-refractivity contribution >= 4 is 54.6 Å². The first-order chi connectivity index (χ1) is 11.4. The number of nitrogens with one attached hydrogen (secondary N) is 2. The zero-order valence-corrected chi connectivity index (χ0v) is 14.9. The summed E-state index contributed by atoms with van der Waals surface area (Å²) in [7, 11) is -2.16. The fraction of sp³-hybridized carbons (Fsp3) is 0.0625. The van der Waals surface area contributed by atoms with Gasteiger partial charge >= 0.3 is 0 Å². The molecule has 0 bridgehead atoms. The maximum atomic E-state index is 12.4. The van der Waals surface area contributed by atoms with Crippen LogP contribution in [0.25, 0.3) is 10.1 Å². The lowest BCUT2D eigenvalue weighted by atomic mass is 10.2. The maximum absolute atomic E-state index is 12.4. The van der Waals surface area contributed by atoms with Crippen molar-refractivity contribution in [1.82, 2.24) is 4.72 Å². The van der Waals surface area contributed by atoms with Crippen LogP contribution < -0.4 is 10.0 Å². The lowest BCUT2D eigenvalue weighted by molar-refractivity contribution is 0.103. The second-order valence-electron chi connectivity index (χ2n) is 4.93. The number of carbonyl (C=O) groups is 1. The molecule has 0 aliphatic heterocycles. The number of benzene rings is 2. The van der Waals surface area contributed by atoms with Crippen molar-refractivity contribution < 1.29 is 13.2 Å². The number of hydrogen-bond donors (Lipinski definition) is 2. The minimum absolute atomic E-state index is 0.128. The fourth-order valence-electron chi connectivity index (χ4n) is 2.18. The number of fused-ring (bicyclic) bond motifs is 1. The zero-order valence-electron chi connectivity index (χ0n) is 12.5. The summed E-state index contributed by atoms with van der Waals surface area (Å²) in [6.45, 7) is 0. The van der Waals surface area contributed by atoms with Crippen LogP contribution in [0.3, 0.4) is 0 Å². The van der Waals surface area contributed by atoms with Crippen LogP contribution in [-0.2, 0) is 10.0 Å². The van der Waals surface area contributed by atoms with Crippen LogP contribution in [0.2, 0.25) is 5.02 Å². The van der Waals surface area contributed by atoms with Gasteiger partial charge in [0.25, 0.3) is 5.91 Å². The zero-order chi connectivity index (χ0) is 17.3. The van der Waals surface area contributed by atoms with E-state index in [4.69, 9.17) is 11.6 Å². The van der Waals surface area contributed by atoms with E-state index in [0.29, 0.717) is 15.6 Å². The van der Waals surface area contributed by atoms with Crippen LogP contribution in [0.1, 0.15) is 9.67 Å². The Balaban J connectivity index is 1.85. The average molecular weight is 381 g/mol. The Kier molecular flexibility index (Phi) is 4.60. The third kappa shape index (κ3) is 3.16. The van der Waals surface area contributed by atoms with Crippen molar-refractivity contribution in [3.05, 3.63) is 58.4 Å². The van der Waals surface area contributed by atoms with Gasteiger partial charge in [0.2, 0.25) is 10.0 Å². The lowest BCUT2D eigenvalue weighted by Gasteiger charge is -2.06. The predicted octanol–water partition coefficient (Wildman–Crippen LogP) is 3.72. The third-order valence-corrected chi connectivity index (χ3v) is 6.54. The summed E-state index contributed by atoms with van der Waals surface area (Å²) in [5, 5.41) is 3.99. The van der Waals surface area contributed by atoms with Gasteiger partial charge < -0.3 is 5.32 Å². The van der Waals surface area contributed by atoms with Crippen molar-refractivity contribution in [2.24, 2.45) is 0 Å². The molecule has 24 heavy (non-hydrogen) atoms. The second kappa shape index (κ2) is 6.52. The van der Waals surface area contributed by atoms with Crippen LogP contribution in [-0.4, -0.2) is 21.4 Å². The first-order valence-electron chi connectivity index (χ1n) is 6.94. The SMILES string of the molecule is CNS(=O)(=O)c1ccc(NC(=O)c2sc3ccccc3c2Cl)cc1. The van der Waals surface area contributed by atoms with E-state index in [0.717, 1.165) is 10.1 Å². The molecule has 3 aromatic rings. The minimum Gasteiger partial charge on any atom is -0.321 e. The molecule has 8 heteroatoms. The van der Waals surface area contributed by atoms with E-state index in [-0.39, 0.29) is 10.8 Å². The molecule has 0 spiro atoms. The molecule has 1 heterocycles. The minimum atomic E-state index is -3.50. The van der Waals surface area contributed by atoms with Gasteiger partial charge in [-0.2, -0.15) is 0 Å². The van der Waals surface area contributed by atoms with Crippen molar-refractivity contribution in [3.63, 3.8) is 0 Å². The monoisotopic (exact) mass is 380 g/mol. The number of hydrogen-bond acceptors (Lipinski definition) is 4. The van der Waals surface area contributed by atoms with E-state index in [1.54, 1.807) is 0 Å². The van der Waals surface area contributed by atoms with E-state index in [9.17, 15) is 13.2 Å². The molecular weight excluding hydrogens is 368 g/mol. The molecule has 0 aliphatic carbocycles. The Hall–Kier alpha value is -1.93. The number of anilines is 1. The molecule has 3 rings (SSSR count). The standard InChI is InChI=1S/C16H13ClN2O3S2/c1-18-24(21,22)11-8-6-10(7-9-11)19-16(20)15-14(17)12-4-2-3-5-13(12)23-15/h2-9,18H,1H3,(H,19,20). The Bertz CT molecular complexity index is 1010. The topological polar surface area (TPSA) is 75.3 Å². The van der Waals surface area contributed by atoms with Crippen molar-refractivity contribution in [2.75, 3.05) is 12.4 Å². The largest absolute Gasteiger partial charge is 0.321 e. The van der Waals surface area contributed by atoms with Crippen LogP contribution in [0, 0.1) is 0 Å². The van der Waals surface area contributed by atoms with Gasteiger partial charge in [-0.05, 0) is 37.4 Å². The molecule has 1 amide bonds. The van der Waals surface area contributed by atoms with Gasteiger partial charge in [-0.1, -0.05) is 29.8 Å². The number of rotatable bonds is 4. The smallest absolute Gasteiger partial charge is 0.267 e. The Morgan fingerprint density at radius 1 is 1.08 bits per heavy atom. The van der Waals surface area contributed by atoms with Crippen molar-refractivity contribution in [3.8, 4) is 0 Å². The maximum Gasteiger partial charge on any atom is 0.267 e. The molecule has 0 radical (unpaired) electrons. The van der Waals surface area contributed by atoms with E-state index in [2.05, 4.69) is 10.0 Å². The summed E-state index contributed by atoms with van der Waals surface area (Å²) >= 11 is 7.60. The highest BCUT2D eigenvalue weighted by atomic mass is 35.5. The van der Waals surface area contributed by atoms with Gasteiger partial charge in [-0.15, -0.1) is 11.3 Å². The molecule has 0 saturated heterocycles. The second-order valence-corrected chi connectivity index (χ2v) is 8.24. The van der Waals surface area contributed by atoms with E-state index in [1.807, 2.05) is 24.3 Å². The molecule has 0 saturated carbocycles. The molecule has 0 unspecified atom stereocenters. The van der Waals surface area contributed by atoms with Crippen LogP contribution in [0.5, 0.6) is 0 Å². The number of halogens is 1. The summed E-state index contributed by atoms with van der Waals surface area (Å²) in [5.41, 5.74) is 0.489. The quantitative estimate of drug-likeness (QED) is 0.724. The number of amides is 1. The van der Waals surface area contributed by atoms with Crippen molar-refractivity contribution in [2.45, 2.75) is 4.90 Å². The summed E-state index contributed by atoms with van der Waals surface area (Å²) in [4.78, 5) is 13.0. The number of sulfonamides is 1. The molecule has 0 atom stereocenters. The first kappa shape index (κ1) is 16.9. The predicted molar refractivity (Wildman–Crippen MR) is 97.5 cm³/mol. The Labute approximate surface area is 148 Å². The Morgan fingerprint density at radius 3 is 2.38 bits per heavy atom. The molecule has 1 aromatic heterocycles. The summed E-state index contributed by atoms with van der Waals surface area (Å²) < 4.78 is 26.5. The highest BCUT2D eigenvalue weighted by molar-refractivity contribution is 7.89. The average Bonchev–Trinajstić information content (AvgIpc) is 2.93. The summed E-state index contributed by atoms with van der Waals surface area (Å²) in [6.07, 6.45) is 0. The molecule has 2 N–H and O–H groups in total. The van der Waals surface area contributed by atoms with Crippen LogP contribution in [0.15, 0.2) is 53.4 Å². The van der Waals surface area contributed by atoms with E-state index >= 15 is 0 Å². The normalized spacial score (nSPS) is 11.6. The molecule has 0 aliphatic rings. The van der Waals surface area contributed by atoms with Crippen molar-refractivity contribution in [1.29, 1.82) is 0 Å². The highest BCUT2D eigenvalue weighted by Gasteiger charge is 2.17. The summed E-state index contributed by atoms with van der Waals surface area (Å²) in [6, 6.07) is 13.4. The van der Waals surface area contributed by atoms with Gasteiger partial charge in [-0.3, -0.25) is 4.79 Å². The third-order valence-electron chi connectivity index (χ3n) is 3.43. The van der Waals surface area contributed by atoms with Gasteiger partial charge in [0.15, 0.2) is 0 Å². The number of carbonyl (C=O) groups excluding carboxylic acids is 1. The fourth-order valence-corrected chi connectivity index (χ4v) is 4.33. The van der Waals surface area contributed by atoms with Crippen LogP contribution >= 0.6 is 22.9 Å². The number of thiophene rings is 1. The van der Waals surface area contributed by atoms with Gasteiger partial charge in [0.1, 0.15) is 4.88 Å². The van der Waals surface area contributed by atoms with Crippen LogP contribution in [0.4, 0.5) is 5.69 Å². The van der Waals surface area contributed by atoms with Gasteiger partial charge in [-0.25, -0.2) is 13.1 Å². The molecule has 0 fully saturated rings. The Morgan fingerprint density at radius 2 is 1.75 bits per heavy atom. The molecule has 2 aromatic carbocycles. The summed E-state index contributed by atoms with van der Waals surface area (Å²) in [5.74, 6) is -0.328. The highest BCUT2D eigenvalue weighted by Crippen LogP contribution is 2.35. The lowest BCUT2D eigenvalue weighted by Crippen LogP contribution is -2.18.